The highest BCUT2D eigenvalue weighted by atomic mass is 32.1. The van der Waals surface area contributed by atoms with E-state index in [0.29, 0.717) is 0 Å². The summed E-state index contributed by atoms with van der Waals surface area (Å²) in [6.45, 7) is 0. The number of thiophene rings is 2. The second kappa shape index (κ2) is 13.1. The van der Waals surface area contributed by atoms with Crippen molar-refractivity contribution in [1.29, 1.82) is 0 Å². The maximum atomic E-state index is 2.50. The van der Waals surface area contributed by atoms with Crippen molar-refractivity contribution in [3.63, 3.8) is 0 Å². The van der Waals surface area contributed by atoms with E-state index in [4.69, 9.17) is 0 Å². The van der Waals surface area contributed by atoms with Gasteiger partial charge in [-0.15, -0.1) is 22.7 Å². The van der Waals surface area contributed by atoms with Crippen LogP contribution in [0.4, 0.5) is 0 Å². The van der Waals surface area contributed by atoms with Crippen LogP contribution in [0.5, 0.6) is 0 Å². The average Bonchev–Trinajstić information content (AvgIpc) is 3.91. The first kappa shape index (κ1) is 34.4. The molecule has 1 aliphatic rings. The van der Waals surface area contributed by atoms with Gasteiger partial charge in [-0.2, -0.15) is 0 Å². The Morgan fingerprint density at radius 2 is 0.629 bits per heavy atom. The van der Waals surface area contributed by atoms with Crippen LogP contribution in [0.15, 0.2) is 206 Å². The van der Waals surface area contributed by atoms with Gasteiger partial charge in [0.25, 0.3) is 0 Å². The Kier molecular flexibility index (Phi) is 7.24. The standard InChI is InChI=1S/C60H34S2/c1-3-14-41-39(12-1)40-13-2-4-15-42(40)51-34-53-44-27-24-35(36-25-28-58-54(31-36)45-17-7-9-22-56(45)61-58)30-49(44)48-21-11-20-38(60(48)47-19-6-5-16-43(47)52(53)33-50(41)51)37-26-29-59-55(32-37)46-18-8-10-23-57(46)62-59/h1-34H. The number of hydrogen-bond acceptors (Lipinski definition) is 2. The first-order chi connectivity index (χ1) is 30.7. The molecule has 2 heterocycles. The van der Waals surface area contributed by atoms with Gasteiger partial charge in [-0.1, -0.05) is 152 Å². The van der Waals surface area contributed by atoms with Gasteiger partial charge < -0.3 is 0 Å². The van der Waals surface area contributed by atoms with Gasteiger partial charge in [0.2, 0.25) is 0 Å². The fourth-order valence-corrected chi connectivity index (χ4v) is 12.8. The van der Waals surface area contributed by atoms with Crippen molar-refractivity contribution in [3.05, 3.63) is 248 Å². The van der Waals surface area contributed by atoms with Gasteiger partial charge in [0.05, 0.1) is 0 Å². The summed E-state index contributed by atoms with van der Waals surface area (Å²) in [6.07, 6.45) is 0. The molecule has 2 aromatic heterocycles. The van der Waals surface area contributed by atoms with Gasteiger partial charge in [0.15, 0.2) is 0 Å². The maximum Gasteiger partial charge on any atom is 0.0355 e. The summed E-state index contributed by atoms with van der Waals surface area (Å²) in [5, 5.41) is 23.0. The van der Waals surface area contributed by atoms with E-state index in [0.717, 1.165) is 0 Å². The highest BCUT2D eigenvalue weighted by Gasteiger charge is 2.14. The van der Waals surface area contributed by atoms with Gasteiger partial charge in [-0.05, 0) is 151 Å². The minimum absolute atomic E-state index is 1.22. The summed E-state index contributed by atoms with van der Waals surface area (Å²) in [4.78, 5) is 0. The maximum absolute atomic E-state index is 2.50. The largest absolute Gasteiger partial charge is 0.135 e. The molecule has 0 bridgehead atoms. The molecule has 0 nitrogen and oxygen atoms in total. The first-order valence-corrected chi connectivity index (χ1v) is 22.9. The Morgan fingerprint density at radius 3 is 1.26 bits per heavy atom. The lowest BCUT2D eigenvalue weighted by molar-refractivity contribution is 1.29. The average molecular weight is 819 g/mol. The van der Waals surface area contributed by atoms with E-state index in [1.807, 2.05) is 22.7 Å². The van der Waals surface area contributed by atoms with Crippen molar-refractivity contribution < 1.29 is 0 Å². The molecule has 0 unspecified atom stereocenters. The summed E-state index contributed by atoms with van der Waals surface area (Å²) >= 11 is 3.75. The van der Waals surface area contributed by atoms with Crippen molar-refractivity contribution in [2.75, 3.05) is 0 Å². The van der Waals surface area contributed by atoms with Crippen molar-refractivity contribution in [2.24, 2.45) is 0 Å². The van der Waals surface area contributed by atoms with Crippen molar-refractivity contribution >= 4 is 95.3 Å². The van der Waals surface area contributed by atoms with E-state index in [-0.39, 0.29) is 0 Å². The summed E-state index contributed by atoms with van der Waals surface area (Å²) in [5.74, 6) is 0. The summed E-state index contributed by atoms with van der Waals surface area (Å²) in [7, 11) is 0. The summed E-state index contributed by atoms with van der Waals surface area (Å²) in [5.41, 5.74) is 4.93. The molecular formula is C60H34S2. The zero-order valence-corrected chi connectivity index (χ0v) is 35.1. The molecule has 0 aliphatic heterocycles. The van der Waals surface area contributed by atoms with E-state index >= 15 is 0 Å². The first-order valence-electron chi connectivity index (χ1n) is 21.3. The molecule has 0 atom stereocenters. The molecule has 0 radical (unpaired) electrons. The molecule has 0 saturated carbocycles. The minimum atomic E-state index is 1.22. The predicted octanol–water partition coefficient (Wildman–Crippen LogP) is 16.7. The van der Waals surface area contributed by atoms with Gasteiger partial charge >= 0.3 is 0 Å². The zero-order valence-electron chi connectivity index (χ0n) is 33.4. The SMILES string of the molecule is c1ccc2c(c1)=c1cc3c4ccccc4c4ccccc4c3cc1=c1ccc(-c3ccc4sc5ccccc5c4c3)cc1=c1cccc(-c3ccc4sc5ccccc5c4c3)c1=2. The van der Waals surface area contributed by atoms with E-state index in [9.17, 15) is 0 Å². The van der Waals surface area contributed by atoms with Crippen LogP contribution >= 0.6 is 22.7 Å². The molecule has 0 N–H and O–H groups in total. The Balaban J connectivity index is 1.21. The van der Waals surface area contributed by atoms with Crippen molar-refractivity contribution in [1.82, 2.24) is 0 Å². The molecule has 0 amide bonds. The molecule has 286 valence electrons. The van der Waals surface area contributed by atoms with Crippen LogP contribution in [0.3, 0.4) is 0 Å². The lowest BCUT2D eigenvalue weighted by Gasteiger charge is -2.13. The molecular weight excluding hydrogens is 785 g/mol. The summed E-state index contributed by atoms with van der Waals surface area (Å²) < 4.78 is 5.30. The highest BCUT2D eigenvalue weighted by molar-refractivity contribution is 7.26. The fourth-order valence-electron chi connectivity index (χ4n) is 10.6. The Hall–Kier alpha value is -7.36. The second-order valence-electron chi connectivity index (χ2n) is 16.7. The van der Waals surface area contributed by atoms with E-state index in [2.05, 4.69) is 206 Å². The molecule has 0 spiro atoms. The van der Waals surface area contributed by atoms with Crippen LogP contribution in [0.2, 0.25) is 0 Å². The van der Waals surface area contributed by atoms with Crippen LogP contribution in [-0.4, -0.2) is 0 Å². The van der Waals surface area contributed by atoms with Crippen LogP contribution in [0, 0.1) is 41.7 Å². The van der Waals surface area contributed by atoms with Gasteiger partial charge in [-0.25, -0.2) is 0 Å². The lowest BCUT2D eigenvalue weighted by atomic mass is 9.91. The quantitative estimate of drug-likeness (QED) is 0.152. The fraction of sp³-hybridized carbons (Fsp3) is 0. The molecule has 0 fully saturated rings. The van der Waals surface area contributed by atoms with Crippen LogP contribution < -0.4 is 0 Å². The molecule has 13 aromatic rings. The minimum Gasteiger partial charge on any atom is -0.135 e. The van der Waals surface area contributed by atoms with Crippen LogP contribution in [0.1, 0.15) is 0 Å². The van der Waals surface area contributed by atoms with Crippen LogP contribution in [-0.2, 0) is 0 Å². The number of hydrogen-bond donors (Lipinski definition) is 0. The van der Waals surface area contributed by atoms with Gasteiger partial charge in [0, 0.05) is 40.3 Å². The normalized spacial score (nSPS) is 12.2. The van der Waals surface area contributed by atoms with Gasteiger partial charge in [0.1, 0.15) is 0 Å². The molecule has 1 aliphatic carbocycles. The van der Waals surface area contributed by atoms with Crippen LogP contribution in [0.25, 0.3) is 94.9 Å². The number of benzene rings is 11. The summed E-state index contributed by atoms with van der Waals surface area (Å²) in [6, 6.07) is 78.0. The number of rotatable bonds is 2. The molecule has 2 heteroatoms. The van der Waals surface area contributed by atoms with Gasteiger partial charge in [-0.3, -0.25) is 0 Å². The molecule has 14 rings (SSSR count). The van der Waals surface area contributed by atoms with E-state index in [1.165, 1.54) is 137 Å². The third-order valence-corrected chi connectivity index (χ3v) is 15.7. The third-order valence-electron chi connectivity index (χ3n) is 13.4. The lowest BCUT2D eigenvalue weighted by Crippen LogP contribution is -1.94. The highest BCUT2D eigenvalue weighted by Crippen LogP contribution is 2.40. The Labute approximate surface area is 363 Å². The Bertz CT molecular complexity index is 4520. The predicted molar refractivity (Wildman–Crippen MR) is 266 cm³/mol. The smallest absolute Gasteiger partial charge is 0.0355 e. The molecule has 11 aromatic carbocycles. The zero-order chi connectivity index (χ0) is 40.5. The number of fused-ring (bicyclic) bond motifs is 16. The van der Waals surface area contributed by atoms with E-state index < -0.39 is 0 Å². The Morgan fingerprint density at radius 1 is 0.210 bits per heavy atom. The monoisotopic (exact) mass is 818 g/mol. The third kappa shape index (κ3) is 4.94. The van der Waals surface area contributed by atoms with Crippen molar-refractivity contribution in [2.45, 2.75) is 0 Å². The topological polar surface area (TPSA) is 0 Å². The molecule has 62 heavy (non-hydrogen) atoms. The second-order valence-corrected chi connectivity index (χ2v) is 18.9. The van der Waals surface area contributed by atoms with Crippen molar-refractivity contribution in [3.8, 4) is 22.3 Å². The van der Waals surface area contributed by atoms with E-state index in [1.54, 1.807) is 0 Å². The molecule has 0 saturated heterocycles.